The predicted octanol–water partition coefficient (Wildman–Crippen LogP) is 2.30. The van der Waals surface area contributed by atoms with Gasteiger partial charge in [0.25, 0.3) is 5.91 Å². The van der Waals surface area contributed by atoms with Gasteiger partial charge >= 0.3 is 0 Å². The number of carbonyl (C=O) groups excluding carboxylic acids is 2. The summed E-state index contributed by atoms with van der Waals surface area (Å²) in [5.41, 5.74) is 1.11. The molecule has 1 aromatic heterocycles. The topological polar surface area (TPSA) is 80.3 Å². The summed E-state index contributed by atoms with van der Waals surface area (Å²) in [6.45, 7) is 3.96. The molecule has 2 N–H and O–H groups in total. The van der Waals surface area contributed by atoms with Crippen molar-refractivity contribution in [3.63, 3.8) is 0 Å². The van der Waals surface area contributed by atoms with Crippen molar-refractivity contribution in [2.24, 2.45) is 5.92 Å². The number of hydrogen-bond donors (Lipinski definition) is 2. The number of hydrogen-bond acceptors (Lipinski definition) is 4. The first-order valence-electron chi connectivity index (χ1n) is 8.23. The van der Waals surface area contributed by atoms with Crippen LogP contribution < -0.4 is 15.4 Å². The highest BCUT2D eigenvalue weighted by atomic mass is 19.1. The lowest BCUT2D eigenvalue weighted by molar-refractivity contribution is -0.124. The van der Waals surface area contributed by atoms with E-state index in [-0.39, 0.29) is 18.4 Å². The van der Waals surface area contributed by atoms with Gasteiger partial charge in [-0.05, 0) is 35.7 Å². The highest BCUT2D eigenvalue weighted by Gasteiger charge is 2.24. The van der Waals surface area contributed by atoms with Crippen LogP contribution in [0.25, 0.3) is 0 Å². The molecule has 0 fully saturated rings. The zero-order valence-corrected chi connectivity index (χ0v) is 15.0. The highest BCUT2D eigenvalue weighted by molar-refractivity contribution is 5.97. The SMILES string of the molecule is COc1ccc(CNC(=O)C(NC(=O)c2ccc(F)cc2)C(C)C)cn1. The molecule has 0 bridgehead atoms. The maximum absolute atomic E-state index is 13.0. The van der Waals surface area contributed by atoms with Crippen molar-refractivity contribution in [2.45, 2.75) is 26.4 Å². The van der Waals surface area contributed by atoms with Crippen LogP contribution in [0.2, 0.25) is 0 Å². The van der Waals surface area contributed by atoms with Crippen molar-refractivity contribution >= 4 is 11.8 Å². The Morgan fingerprint density at radius 1 is 1.15 bits per heavy atom. The lowest BCUT2D eigenvalue weighted by Gasteiger charge is -2.21. The number of pyridine rings is 1. The van der Waals surface area contributed by atoms with Gasteiger partial charge in [0, 0.05) is 24.4 Å². The van der Waals surface area contributed by atoms with E-state index < -0.39 is 17.8 Å². The Morgan fingerprint density at radius 2 is 1.85 bits per heavy atom. The summed E-state index contributed by atoms with van der Waals surface area (Å²) < 4.78 is 18.0. The number of amides is 2. The molecule has 1 heterocycles. The fraction of sp³-hybridized carbons (Fsp3) is 0.316. The van der Waals surface area contributed by atoms with Gasteiger partial charge in [-0.1, -0.05) is 19.9 Å². The Morgan fingerprint density at radius 3 is 2.38 bits per heavy atom. The van der Waals surface area contributed by atoms with E-state index >= 15 is 0 Å². The first kappa shape index (κ1) is 19.4. The van der Waals surface area contributed by atoms with E-state index in [1.54, 1.807) is 18.3 Å². The fourth-order valence-electron chi connectivity index (χ4n) is 2.30. The molecule has 1 atom stereocenters. The van der Waals surface area contributed by atoms with Crippen LogP contribution in [-0.2, 0) is 11.3 Å². The maximum atomic E-state index is 13.0. The molecular weight excluding hydrogens is 337 g/mol. The molecule has 0 aliphatic carbocycles. The van der Waals surface area contributed by atoms with E-state index in [1.807, 2.05) is 13.8 Å². The molecule has 0 saturated carbocycles. The third-order valence-corrected chi connectivity index (χ3v) is 3.82. The second kappa shape index (κ2) is 8.94. The van der Waals surface area contributed by atoms with Crippen LogP contribution in [0.1, 0.15) is 29.8 Å². The number of halogens is 1. The minimum Gasteiger partial charge on any atom is -0.481 e. The first-order chi connectivity index (χ1) is 12.4. The molecule has 0 aliphatic heterocycles. The summed E-state index contributed by atoms with van der Waals surface area (Å²) in [5.74, 6) is -0.774. The van der Waals surface area contributed by atoms with E-state index in [0.29, 0.717) is 11.4 Å². The number of methoxy groups -OCH3 is 1. The number of aromatic nitrogens is 1. The number of nitrogens with one attached hydrogen (secondary N) is 2. The lowest BCUT2D eigenvalue weighted by atomic mass is 10.0. The van der Waals surface area contributed by atoms with Gasteiger partial charge in [0.15, 0.2) is 0 Å². The highest BCUT2D eigenvalue weighted by Crippen LogP contribution is 2.09. The molecule has 2 rings (SSSR count). The lowest BCUT2D eigenvalue weighted by Crippen LogP contribution is -2.49. The molecule has 26 heavy (non-hydrogen) atoms. The molecule has 138 valence electrons. The molecule has 2 amide bonds. The number of ether oxygens (including phenoxy) is 1. The van der Waals surface area contributed by atoms with E-state index in [1.165, 1.54) is 31.4 Å². The van der Waals surface area contributed by atoms with Crippen molar-refractivity contribution in [1.82, 2.24) is 15.6 Å². The van der Waals surface area contributed by atoms with Gasteiger partial charge < -0.3 is 15.4 Å². The van der Waals surface area contributed by atoms with E-state index in [2.05, 4.69) is 15.6 Å². The van der Waals surface area contributed by atoms with E-state index in [9.17, 15) is 14.0 Å². The second-order valence-electron chi connectivity index (χ2n) is 6.13. The Kier molecular flexibility index (Phi) is 6.66. The van der Waals surface area contributed by atoms with Gasteiger partial charge in [-0.25, -0.2) is 9.37 Å². The quantitative estimate of drug-likeness (QED) is 0.795. The molecule has 7 heteroatoms. The average Bonchev–Trinajstić information content (AvgIpc) is 2.64. The number of benzene rings is 1. The predicted molar refractivity (Wildman–Crippen MR) is 95.1 cm³/mol. The van der Waals surface area contributed by atoms with E-state index in [4.69, 9.17) is 4.74 Å². The summed E-state index contributed by atoms with van der Waals surface area (Å²) in [7, 11) is 1.53. The normalized spacial score (nSPS) is 11.7. The summed E-state index contributed by atoms with van der Waals surface area (Å²) in [5, 5.41) is 5.49. The number of carbonyl (C=O) groups is 2. The van der Waals surface area contributed by atoms with Crippen molar-refractivity contribution < 1.29 is 18.7 Å². The van der Waals surface area contributed by atoms with Crippen LogP contribution in [0.4, 0.5) is 4.39 Å². The van der Waals surface area contributed by atoms with Crippen LogP contribution >= 0.6 is 0 Å². The van der Waals surface area contributed by atoms with Crippen molar-refractivity contribution in [3.8, 4) is 5.88 Å². The Balaban J connectivity index is 1.97. The van der Waals surface area contributed by atoms with E-state index in [0.717, 1.165) is 5.56 Å². The summed E-state index contributed by atoms with van der Waals surface area (Å²) in [4.78, 5) is 28.8. The summed E-state index contributed by atoms with van der Waals surface area (Å²) >= 11 is 0. The van der Waals surface area contributed by atoms with Crippen LogP contribution in [0.15, 0.2) is 42.6 Å². The average molecular weight is 359 g/mol. The van der Waals surface area contributed by atoms with Crippen molar-refractivity contribution in [2.75, 3.05) is 7.11 Å². The summed E-state index contributed by atoms with van der Waals surface area (Å²) in [6.07, 6.45) is 1.61. The minimum atomic E-state index is -0.709. The molecule has 0 radical (unpaired) electrons. The standard InChI is InChI=1S/C19H22FN3O3/c1-12(2)17(23-18(24)14-5-7-15(20)8-6-14)19(25)22-11-13-4-9-16(26-3)21-10-13/h4-10,12,17H,11H2,1-3H3,(H,22,25)(H,23,24). The van der Waals surface area contributed by atoms with Crippen LogP contribution in [0.3, 0.4) is 0 Å². The Bertz CT molecular complexity index is 746. The fourth-order valence-corrected chi connectivity index (χ4v) is 2.30. The molecule has 1 aromatic carbocycles. The molecule has 6 nitrogen and oxygen atoms in total. The largest absolute Gasteiger partial charge is 0.481 e. The third kappa shape index (κ3) is 5.27. The zero-order chi connectivity index (χ0) is 19.1. The molecular formula is C19H22FN3O3. The summed E-state index contributed by atoms with van der Waals surface area (Å²) in [6, 6.07) is 7.96. The van der Waals surface area contributed by atoms with Crippen molar-refractivity contribution in [1.29, 1.82) is 0 Å². The molecule has 0 aliphatic rings. The van der Waals surface area contributed by atoms with Gasteiger partial charge in [0.2, 0.25) is 11.8 Å². The third-order valence-electron chi connectivity index (χ3n) is 3.82. The Labute approximate surface area is 151 Å². The van der Waals surface area contributed by atoms with Crippen LogP contribution in [-0.4, -0.2) is 29.9 Å². The van der Waals surface area contributed by atoms with Crippen LogP contribution in [0, 0.1) is 11.7 Å². The maximum Gasteiger partial charge on any atom is 0.251 e. The monoisotopic (exact) mass is 359 g/mol. The molecule has 1 unspecified atom stereocenters. The zero-order valence-electron chi connectivity index (χ0n) is 15.0. The second-order valence-corrected chi connectivity index (χ2v) is 6.13. The molecule has 0 saturated heterocycles. The van der Waals surface area contributed by atoms with Gasteiger partial charge in [0.1, 0.15) is 11.9 Å². The molecule has 2 aromatic rings. The number of nitrogens with zero attached hydrogens (tertiary/aromatic N) is 1. The first-order valence-corrected chi connectivity index (χ1v) is 8.23. The van der Waals surface area contributed by atoms with Crippen molar-refractivity contribution in [3.05, 3.63) is 59.5 Å². The van der Waals surface area contributed by atoms with Gasteiger partial charge in [-0.2, -0.15) is 0 Å². The van der Waals surface area contributed by atoms with Gasteiger partial charge in [0.05, 0.1) is 7.11 Å². The van der Waals surface area contributed by atoms with Gasteiger partial charge in [-0.3, -0.25) is 9.59 Å². The smallest absolute Gasteiger partial charge is 0.251 e. The minimum absolute atomic E-state index is 0.117. The van der Waals surface area contributed by atoms with Gasteiger partial charge in [-0.15, -0.1) is 0 Å². The van der Waals surface area contributed by atoms with Crippen LogP contribution in [0.5, 0.6) is 5.88 Å². The number of rotatable bonds is 7. The molecule has 0 spiro atoms. The Hall–Kier alpha value is -2.96.